The van der Waals surface area contributed by atoms with E-state index in [-0.39, 0.29) is 28.5 Å². The first-order chi connectivity index (χ1) is 10.7. The van der Waals surface area contributed by atoms with Crippen LogP contribution in [-0.4, -0.2) is 39.1 Å². The Bertz CT molecular complexity index is 687. The van der Waals surface area contributed by atoms with Crippen LogP contribution in [0.1, 0.15) is 40.0 Å². The van der Waals surface area contributed by atoms with Gasteiger partial charge in [0, 0.05) is 18.7 Å². The number of nitrogens with two attached hydrogens (primary N) is 1. The summed E-state index contributed by atoms with van der Waals surface area (Å²) in [6, 6.07) is 1.57. The highest BCUT2D eigenvalue weighted by Crippen LogP contribution is 2.52. The van der Waals surface area contributed by atoms with E-state index in [9.17, 15) is 9.59 Å². The lowest BCUT2D eigenvalue weighted by atomic mass is 9.65. The number of hydrogen-bond donors (Lipinski definition) is 2. The topological polar surface area (TPSA) is 92.1 Å². The zero-order valence-corrected chi connectivity index (χ0v) is 14.7. The number of likely N-dealkylation sites (tertiary alicyclic amines) is 1. The highest BCUT2D eigenvalue weighted by molar-refractivity contribution is 7.99. The van der Waals surface area contributed by atoms with Crippen molar-refractivity contribution in [2.24, 2.45) is 10.8 Å². The molecule has 2 heterocycles. The summed E-state index contributed by atoms with van der Waals surface area (Å²) in [6.45, 7) is 7.71. The van der Waals surface area contributed by atoms with Crippen LogP contribution >= 0.6 is 11.8 Å². The van der Waals surface area contributed by atoms with E-state index >= 15 is 0 Å². The van der Waals surface area contributed by atoms with E-state index in [0.29, 0.717) is 16.6 Å². The van der Waals surface area contributed by atoms with Crippen molar-refractivity contribution in [1.82, 2.24) is 14.9 Å². The summed E-state index contributed by atoms with van der Waals surface area (Å²) in [5, 5.41) is 0.400. The maximum absolute atomic E-state index is 12.6. The van der Waals surface area contributed by atoms with Crippen molar-refractivity contribution in [1.29, 1.82) is 0 Å². The Hall–Kier alpha value is -1.50. The number of carbonyl (C=O) groups is 1. The van der Waals surface area contributed by atoms with Crippen molar-refractivity contribution in [3.63, 3.8) is 0 Å². The third-order valence-electron chi connectivity index (χ3n) is 4.81. The number of nitrogens with one attached hydrogen (secondary N) is 1. The quantitative estimate of drug-likeness (QED) is 0.649. The highest BCUT2D eigenvalue weighted by atomic mass is 32.2. The van der Waals surface area contributed by atoms with Crippen LogP contribution in [0.25, 0.3) is 0 Å². The fourth-order valence-corrected chi connectivity index (χ4v) is 5.25. The minimum absolute atomic E-state index is 0.117. The summed E-state index contributed by atoms with van der Waals surface area (Å²) in [5.74, 6) is 0.570. The number of fused-ring (bicyclic) bond motifs is 2. The third kappa shape index (κ3) is 3.54. The lowest BCUT2D eigenvalue weighted by Crippen LogP contribution is -2.38. The average molecular weight is 336 g/mol. The second-order valence-electron chi connectivity index (χ2n) is 8.00. The van der Waals surface area contributed by atoms with Crippen LogP contribution in [0.5, 0.6) is 0 Å². The number of rotatable bonds is 3. The van der Waals surface area contributed by atoms with E-state index in [1.165, 1.54) is 17.8 Å². The number of aromatic nitrogens is 2. The largest absolute Gasteiger partial charge is 0.383 e. The molecule has 0 aromatic carbocycles. The molecule has 126 valence electrons. The molecule has 7 heteroatoms. The van der Waals surface area contributed by atoms with Gasteiger partial charge in [-0.15, -0.1) is 0 Å². The molecule has 2 fully saturated rings. The summed E-state index contributed by atoms with van der Waals surface area (Å²) in [5.41, 5.74) is 5.80. The van der Waals surface area contributed by atoms with Gasteiger partial charge in [-0.1, -0.05) is 32.5 Å². The summed E-state index contributed by atoms with van der Waals surface area (Å²) < 4.78 is 0. The van der Waals surface area contributed by atoms with Gasteiger partial charge in [0.2, 0.25) is 5.91 Å². The Kier molecular flexibility index (Phi) is 3.94. The molecule has 0 radical (unpaired) electrons. The van der Waals surface area contributed by atoms with E-state index in [0.717, 1.165) is 25.8 Å². The van der Waals surface area contributed by atoms with Crippen LogP contribution in [-0.2, 0) is 4.79 Å². The molecule has 2 unspecified atom stereocenters. The summed E-state index contributed by atoms with van der Waals surface area (Å²) in [4.78, 5) is 32.7. The number of amides is 1. The minimum Gasteiger partial charge on any atom is -0.383 e. The molecule has 3 rings (SSSR count). The second kappa shape index (κ2) is 5.54. The Balaban J connectivity index is 1.66. The van der Waals surface area contributed by atoms with E-state index in [2.05, 4.69) is 30.7 Å². The van der Waals surface area contributed by atoms with Crippen molar-refractivity contribution in [2.75, 3.05) is 18.0 Å². The van der Waals surface area contributed by atoms with Gasteiger partial charge in [0.05, 0.1) is 5.75 Å². The van der Waals surface area contributed by atoms with Gasteiger partial charge in [0.15, 0.2) is 5.16 Å². The molecule has 2 bridgehead atoms. The SMILES string of the molecule is CC1(C)CC2CC(C)(CN2C(=O)CSc2nc(N)cc(=O)[nH]2)C1. The molecule has 1 aliphatic heterocycles. The summed E-state index contributed by atoms with van der Waals surface area (Å²) in [6.07, 6.45) is 3.32. The zero-order valence-electron chi connectivity index (χ0n) is 13.9. The Labute approximate surface area is 140 Å². The molecule has 1 amide bonds. The average Bonchev–Trinajstić information content (AvgIpc) is 2.64. The Morgan fingerprint density at radius 3 is 2.91 bits per heavy atom. The number of hydrogen-bond acceptors (Lipinski definition) is 5. The first kappa shape index (κ1) is 16.4. The number of carbonyl (C=O) groups excluding carboxylic acids is 1. The van der Waals surface area contributed by atoms with Crippen LogP contribution in [0.2, 0.25) is 0 Å². The Morgan fingerprint density at radius 2 is 2.22 bits per heavy atom. The normalized spacial score (nSPS) is 28.8. The van der Waals surface area contributed by atoms with Crippen LogP contribution in [0.4, 0.5) is 5.82 Å². The Morgan fingerprint density at radius 1 is 1.48 bits per heavy atom. The van der Waals surface area contributed by atoms with Gasteiger partial charge < -0.3 is 15.6 Å². The van der Waals surface area contributed by atoms with Gasteiger partial charge in [-0.05, 0) is 30.1 Å². The number of H-pyrrole nitrogens is 1. The predicted octanol–water partition coefficient (Wildman–Crippen LogP) is 1.87. The number of nitrogen functional groups attached to an aromatic ring is 1. The second-order valence-corrected chi connectivity index (χ2v) is 8.96. The van der Waals surface area contributed by atoms with E-state index in [4.69, 9.17) is 5.73 Å². The maximum Gasteiger partial charge on any atom is 0.253 e. The smallest absolute Gasteiger partial charge is 0.253 e. The summed E-state index contributed by atoms with van der Waals surface area (Å²) >= 11 is 1.24. The highest BCUT2D eigenvalue weighted by Gasteiger charge is 2.50. The predicted molar refractivity (Wildman–Crippen MR) is 91.2 cm³/mol. The lowest BCUT2D eigenvalue weighted by Gasteiger charge is -2.39. The van der Waals surface area contributed by atoms with Gasteiger partial charge in [0.1, 0.15) is 5.82 Å². The zero-order chi connectivity index (χ0) is 16.8. The molecule has 3 N–H and O–H groups in total. The molecule has 2 atom stereocenters. The van der Waals surface area contributed by atoms with Gasteiger partial charge in [-0.25, -0.2) is 4.98 Å². The molecule has 1 aromatic heterocycles. The summed E-state index contributed by atoms with van der Waals surface area (Å²) in [7, 11) is 0. The molecule has 1 aromatic rings. The van der Waals surface area contributed by atoms with Gasteiger partial charge in [-0.3, -0.25) is 9.59 Å². The third-order valence-corrected chi connectivity index (χ3v) is 5.67. The van der Waals surface area contributed by atoms with Crippen LogP contribution < -0.4 is 11.3 Å². The van der Waals surface area contributed by atoms with Crippen molar-refractivity contribution >= 4 is 23.5 Å². The van der Waals surface area contributed by atoms with Crippen molar-refractivity contribution in [2.45, 2.75) is 51.2 Å². The molecule has 1 saturated heterocycles. The molecular formula is C16H24N4O2S. The standard InChI is InChI=1S/C16H24N4O2S/c1-15(2)5-10-6-16(3,8-15)9-20(10)13(22)7-23-14-18-11(17)4-12(21)19-14/h4,10H,5-9H2,1-3H3,(H3,17,18,19,21). The maximum atomic E-state index is 12.6. The molecule has 6 nitrogen and oxygen atoms in total. The molecule has 2 aliphatic rings. The fraction of sp³-hybridized carbons (Fsp3) is 0.688. The number of aromatic amines is 1. The first-order valence-electron chi connectivity index (χ1n) is 7.95. The van der Waals surface area contributed by atoms with Gasteiger partial charge in [0.25, 0.3) is 5.56 Å². The van der Waals surface area contributed by atoms with E-state index in [1.54, 1.807) is 0 Å². The molecular weight excluding hydrogens is 312 g/mol. The lowest BCUT2D eigenvalue weighted by molar-refractivity contribution is -0.129. The molecule has 1 saturated carbocycles. The van der Waals surface area contributed by atoms with Crippen molar-refractivity contribution in [3.05, 3.63) is 16.4 Å². The van der Waals surface area contributed by atoms with E-state index in [1.807, 2.05) is 4.90 Å². The number of anilines is 1. The van der Waals surface area contributed by atoms with Crippen LogP contribution in [0, 0.1) is 10.8 Å². The van der Waals surface area contributed by atoms with E-state index < -0.39 is 0 Å². The minimum atomic E-state index is -0.293. The van der Waals surface area contributed by atoms with Crippen LogP contribution in [0.15, 0.2) is 16.0 Å². The monoisotopic (exact) mass is 336 g/mol. The van der Waals surface area contributed by atoms with Gasteiger partial charge >= 0.3 is 0 Å². The molecule has 0 spiro atoms. The number of nitrogens with zero attached hydrogens (tertiary/aromatic N) is 2. The molecule has 1 aliphatic carbocycles. The van der Waals surface area contributed by atoms with Gasteiger partial charge in [-0.2, -0.15) is 0 Å². The fourth-order valence-electron chi connectivity index (χ4n) is 4.49. The van der Waals surface area contributed by atoms with Crippen molar-refractivity contribution < 1.29 is 4.79 Å². The number of thioether (sulfide) groups is 1. The molecule has 23 heavy (non-hydrogen) atoms. The van der Waals surface area contributed by atoms with Crippen LogP contribution in [0.3, 0.4) is 0 Å². The van der Waals surface area contributed by atoms with Crippen molar-refractivity contribution in [3.8, 4) is 0 Å². The first-order valence-corrected chi connectivity index (χ1v) is 8.94.